The molecule has 2 amide bonds. The molecule has 0 heterocycles. The van der Waals surface area contributed by atoms with E-state index in [0.717, 1.165) is 22.0 Å². The Bertz CT molecular complexity index is 870. The lowest BCUT2D eigenvalue weighted by atomic mass is 10.1. The van der Waals surface area contributed by atoms with Crippen LogP contribution in [0.4, 0.5) is 5.69 Å². The Morgan fingerprint density at radius 3 is 2.32 bits per heavy atom. The van der Waals surface area contributed by atoms with Crippen molar-refractivity contribution in [3.8, 4) is 0 Å². The largest absolute Gasteiger partial charge is 0.355 e. The first-order chi connectivity index (χ1) is 12.2. The van der Waals surface area contributed by atoms with Gasteiger partial charge >= 0.3 is 0 Å². The van der Waals surface area contributed by atoms with Crippen LogP contribution in [0.2, 0.25) is 0 Å². The molecule has 0 atom stereocenters. The number of fused-ring (bicyclic) bond motifs is 1. The maximum absolute atomic E-state index is 12.1. The number of amides is 2. The van der Waals surface area contributed by atoms with Crippen molar-refractivity contribution in [2.75, 3.05) is 11.9 Å². The van der Waals surface area contributed by atoms with Crippen molar-refractivity contribution in [1.29, 1.82) is 0 Å². The van der Waals surface area contributed by atoms with Gasteiger partial charge in [-0.1, -0.05) is 66.7 Å². The van der Waals surface area contributed by atoms with Gasteiger partial charge in [0.2, 0.25) is 11.8 Å². The Labute approximate surface area is 146 Å². The lowest BCUT2D eigenvalue weighted by Crippen LogP contribution is -2.28. The second kappa shape index (κ2) is 8.11. The minimum atomic E-state index is -0.114. The predicted molar refractivity (Wildman–Crippen MR) is 100 cm³/mol. The summed E-state index contributed by atoms with van der Waals surface area (Å²) in [7, 11) is 0. The molecule has 0 aromatic heterocycles. The van der Waals surface area contributed by atoms with Crippen LogP contribution in [0.1, 0.15) is 12.0 Å². The van der Waals surface area contributed by atoms with E-state index in [9.17, 15) is 9.59 Å². The lowest BCUT2D eigenvalue weighted by Gasteiger charge is -2.09. The minimum absolute atomic E-state index is 0.0795. The van der Waals surface area contributed by atoms with E-state index < -0.39 is 0 Å². The average molecular weight is 332 g/mol. The number of carbonyl (C=O) groups excluding carboxylic acids is 2. The monoisotopic (exact) mass is 332 g/mol. The summed E-state index contributed by atoms with van der Waals surface area (Å²) in [6.45, 7) is 0.322. The fraction of sp³-hybridized carbons (Fsp3) is 0.143. The average Bonchev–Trinajstić information content (AvgIpc) is 2.63. The number of carbonyl (C=O) groups is 2. The summed E-state index contributed by atoms with van der Waals surface area (Å²) < 4.78 is 0. The van der Waals surface area contributed by atoms with E-state index in [1.165, 1.54) is 0 Å². The highest BCUT2D eigenvalue weighted by Crippen LogP contribution is 2.22. The van der Waals surface area contributed by atoms with Crippen LogP contribution in [0.15, 0.2) is 72.8 Å². The maximum Gasteiger partial charge on any atom is 0.226 e. The molecule has 0 bridgehead atoms. The highest BCUT2D eigenvalue weighted by Gasteiger charge is 2.07. The highest BCUT2D eigenvalue weighted by atomic mass is 16.2. The molecule has 4 nitrogen and oxygen atoms in total. The molecule has 25 heavy (non-hydrogen) atoms. The molecule has 0 aliphatic carbocycles. The van der Waals surface area contributed by atoms with Crippen LogP contribution in [0.3, 0.4) is 0 Å². The van der Waals surface area contributed by atoms with Gasteiger partial charge in [-0.3, -0.25) is 9.59 Å². The van der Waals surface area contributed by atoms with Crippen molar-refractivity contribution < 1.29 is 9.59 Å². The SMILES string of the molecule is O=C(Cc1ccccc1)NCCC(=O)Nc1cccc2ccccc12. The predicted octanol–water partition coefficient (Wildman–Crippen LogP) is 3.53. The van der Waals surface area contributed by atoms with Gasteiger partial charge in [-0.2, -0.15) is 0 Å². The molecule has 0 aliphatic heterocycles. The maximum atomic E-state index is 12.1. The zero-order valence-electron chi connectivity index (χ0n) is 13.9. The van der Waals surface area contributed by atoms with Gasteiger partial charge in [0, 0.05) is 24.0 Å². The van der Waals surface area contributed by atoms with Crippen molar-refractivity contribution in [2.45, 2.75) is 12.8 Å². The molecule has 0 spiro atoms. The van der Waals surface area contributed by atoms with Gasteiger partial charge in [0.25, 0.3) is 0 Å². The van der Waals surface area contributed by atoms with E-state index in [1.54, 1.807) is 0 Å². The molecular formula is C21H20N2O2. The van der Waals surface area contributed by atoms with Crippen LogP contribution < -0.4 is 10.6 Å². The smallest absolute Gasteiger partial charge is 0.226 e. The van der Waals surface area contributed by atoms with Gasteiger partial charge in [0.05, 0.1) is 6.42 Å². The number of hydrogen-bond donors (Lipinski definition) is 2. The summed E-state index contributed by atoms with van der Waals surface area (Å²) in [5.74, 6) is -0.194. The van der Waals surface area contributed by atoms with Crippen LogP contribution in [-0.2, 0) is 16.0 Å². The third-order valence-corrected chi connectivity index (χ3v) is 3.95. The minimum Gasteiger partial charge on any atom is -0.355 e. The fourth-order valence-corrected chi connectivity index (χ4v) is 2.71. The summed E-state index contributed by atoms with van der Waals surface area (Å²) in [4.78, 5) is 24.0. The number of anilines is 1. The number of nitrogens with one attached hydrogen (secondary N) is 2. The Balaban J connectivity index is 1.49. The first kappa shape index (κ1) is 16.7. The molecule has 3 aromatic carbocycles. The van der Waals surface area contributed by atoms with Gasteiger partial charge in [-0.15, -0.1) is 0 Å². The van der Waals surface area contributed by atoms with Crippen LogP contribution in [0.5, 0.6) is 0 Å². The lowest BCUT2D eigenvalue weighted by molar-refractivity contribution is -0.120. The van der Waals surface area contributed by atoms with Gasteiger partial charge in [0.15, 0.2) is 0 Å². The van der Waals surface area contributed by atoms with Crippen molar-refractivity contribution in [3.63, 3.8) is 0 Å². The zero-order chi connectivity index (χ0) is 17.5. The molecule has 4 heteroatoms. The molecule has 126 valence electrons. The summed E-state index contributed by atoms with van der Waals surface area (Å²) >= 11 is 0. The first-order valence-corrected chi connectivity index (χ1v) is 8.30. The van der Waals surface area contributed by atoms with Gasteiger partial charge < -0.3 is 10.6 Å². The second-order valence-corrected chi connectivity index (χ2v) is 5.84. The first-order valence-electron chi connectivity index (χ1n) is 8.30. The Morgan fingerprint density at radius 2 is 1.48 bits per heavy atom. The molecule has 3 aromatic rings. The zero-order valence-corrected chi connectivity index (χ0v) is 13.9. The normalized spacial score (nSPS) is 10.4. The molecule has 0 radical (unpaired) electrons. The summed E-state index contributed by atoms with van der Waals surface area (Å²) in [6, 6.07) is 23.3. The van der Waals surface area contributed by atoms with E-state index in [2.05, 4.69) is 10.6 Å². The van der Waals surface area contributed by atoms with Gasteiger partial charge in [-0.25, -0.2) is 0 Å². The summed E-state index contributed by atoms with van der Waals surface area (Å²) in [5.41, 5.74) is 1.75. The van der Waals surface area contributed by atoms with E-state index in [4.69, 9.17) is 0 Å². The Hall–Kier alpha value is -3.14. The Morgan fingerprint density at radius 1 is 0.760 bits per heavy atom. The number of hydrogen-bond acceptors (Lipinski definition) is 2. The van der Waals surface area contributed by atoms with Crippen LogP contribution in [0.25, 0.3) is 10.8 Å². The second-order valence-electron chi connectivity index (χ2n) is 5.84. The highest BCUT2D eigenvalue weighted by molar-refractivity contribution is 6.02. The van der Waals surface area contributed by atoms with E-state index >= 15 is 0 Å². The molecule has 0 fully saturated rings. The van der Waals surface area contributed by atoms with Crippen molar-refractivity contribution >= 4 is 28.3 Å². The topological polar surface area (TPSA) is 58.2 Å². The van der Waals surface area contributed by atoms with Crippen LogP contribution in [-0.4, -0.2) is 18.4 Å². The van der Waals surface area contributed by atoms with E-state index in [-0.39, 0.29) is 18.2 Å². The standard InChI is InChI=1S/C21H20N2O2/c24-20(13-14-22-21(25)15-16-7-2-1-3-8-16)23-19-12-6-10-17-9-4-5-11-18(17)19/h1-12H,13-15H2,(H,22,25)(H,23,24). The van der Waals surface area contributed by atoms with E-state index in [0.29, 0.717) is 13.0 Å². The van der Waals surface area contributed by atoms with Gasteiger partial charge in [-0.05, 0) is 17.0 Å². The van der Waals surface area contributed by atoms with Crippen molar-refractivity contribution in [2.24, 2.45) is 0 Å². The van der Waals surface area contributed by atoms with Gasteiger partial charge in [0.1, 0.15) is 0 Å². The molecular weight excluding hydrogens is 312 g/mol. The summed E-state index contributed by atoms with van der Waals surface area (Å²) in [5, 5.41) is 7.79. The van der Waals surface area contributed by atoms with Crippen LogP contribution >= 0.6 is 0 Å². The van der Waals surface area contributed by atoms with Crippen LogP contribution in [0, 0.1) is 0 Å². The molecule has 2 N–H and O–H groups in total. The summed E-state index contributed by atoms with van der Waals surface area (Å²) in [6.07, 6.45) is 0.565. The molecule has 0 saturated heterocycles. The quantitative estimate of drug-likeness (QED) is 0.725. The third kappa shape index (κ3) is 4.67. The van der Waals surface area contributed by atoms with Crippen molar-refractivity contribution in [3.05, 3.63) is 78.4 Å². The Kier molecular flexibility index (Phi) is 5.42. The third-order valence-electron chi connectivity index (χ3n) is 3.95. The van der Waals surface area contributed by atoms with Crippen molar-refractivity contribution in [1.82, 2.24) is 5.32 Å². The fourth-order valence-electron chi connectivity index (χ4n) is 2.71. The number of rotatable bonds is 6. The molecule has 3 rings (SSSR count). The molecule has 0 saturated carbocycles. The molecule has 0 unspecified atom stereocenters. The number of benzene rings is 3. The van der Waals surface area contributed by atoms with E-state index in [1.807, 2.05) is 72.8 Å². The molecule has 0 aliphatic rings.